The fourth-order valence-electron chi connectivity index (χ4n) is 3.60. The molecule has 0 amide bonds. The molecule has 0 saturated carbocycles. The highest BCUT2D eigenvalue weighted by Crippen LogP contribution is 2.37. The molecule has 9 heteroatoms. The van der Waals surface area contributed by atoms with E-state index in [4.69, 9.17) is 11.6 Å². The zero-order valence-electron chi connectivity index (χ0n) is 16.5. The summed E-state index contributed by atoms with van der Waals surface area (Å²) < 4.78 is 0. The average molecular weight is 433 g/mol. The number of nitrogens with zero attached hydrogens (tertiary/aromatic N) is 5. The third kappa shape index (κ3) is 4.45. The molecule has 1 unspecified atom stereocenters. The van der Waals surface area contributed by atoms with Crippen LogP contribution in [0.25, 0.3) is 0 Å². The van der Waals surface area contributed by atoms with Crippen LogP contribution >= 0.6 is 23.4 Å². The van der Waals surface area contributed by atoms with Gasteiger partial charge in [0.1, 0.15) is 17.5 Å². The van der Waals surface area contributed by atoms with Crippen molar-refractivity contribution in [1.29, 1.82) is 0 Å². The van der Waals surface area contributed by atoms with Crippen LogP contribution in [0.1, 0.15) is 11.4 Å². The van der Waals surface area contributed by atoms with Gasteiger partial charge in [0, 0.05) is 38.4 Å². The maximum absolute atomic E-state index is 9.30. The molecule has 3 heterocycles. The largest absolute Gasteiger partial charge is 0.381 e. The minimum absolute atomic E-state index is 0.0398. The highest BCUT2D eigenvalue weighted by Gasteiger charge is 2.25. The highest BCUT2D eigenvalue weighted by molar-refractivity contribution is 8.03. The predicted molar refractivity (Wildman–Crippen MR) is 120 cm³/mol. The molecule has 0 aliphatic carbocycles. The molecule has 0 radical (unpaired) electrons. The van der Waals surface area contributed by atoms with Gasteiger partial charge in [0.25, 0.3) is 0 Å². The van der Waals surface area contributed by atoms with Gasteiger partial charge in [-0.15, -0.1) is 0 Å². The van der Waals surface area contributed by atoms with E-state index in [0.29, 0.717) is 0 Å². The predicted octanol–water partition coefficient (Wildman–Crippen LogP) is 3.24. The standard InChI is InChI=1S/C20H25ClN6OS/c1-14-4-3-5-16(21)19(14)27-10-11-29-20(27)24-17-12-18(23-15(2)22-17)26-8-6-25(13-28)7-9-26/h3-5,10-12,20,28H,6-9,13H2,1-2H3,(H,22,23,24). The second-order valence-corrected chi connectivity index (χ2v) is 8.53. The summed E-state index contributed by atoms with van der Waals surface area (Å²) >= 11 is 8.16. The van der Waals surface area contributed by atoms with E-state index in [1.807, 2.05) is 36.2 Å². The minimum atomic E-state index is -0.0398. The summed E-state index contributed by atoms with van der Waals surface area (Å²) in [6.45, 7) is 7.40. The van der Waals surface area contributed by atoms with E-state index in [9.17, 15) is 5.11 Å². The first-order valence-corrected chi connectivity index (χ1v) is 10.9. The Morgan fingerprint density at radius 3 is 2.72 bits per heavy atom. The Morgan fingerprint density at radius 1 is 1.21 bits per heavy atom. The normalized spacial score (nSPS) is 19.8. The summed E-state index contributed by atoms with van der Waals surface area (Å²) in [5.74, 6) is 2.42. The first-order valence-electron chi connectivity index (χ1n) is 9.61. The molecule has 1 saturated heterocycles. The fraction of sp³-hybridized carbons (Fsp3) is 0.400. The van der Waals surface area contributed by atoms with Crippen LogP contribution in [0, 0.1) is 13.8 Å². The smallest absolute Gasteiger partial charge is 0.157 e. The topological polar surface area (TPSA) is 67.8 Å². The van der Waals surface area contributed by atoms with Crippen molar-refractivity contribution in [2.45, 2.75) is 19.3 Å². The molecule has 2 aromatic rings. The van der Waals surface area contributed by atoms with Crippen LogP contribution < -0.4 is 15.1 Å². The summed E-state index contributed by atoms with van der Waals surface area (Å²) in [4.78, 5) is 15.6. The number of thioether (sulfide) groups is 1. The fourth-order valence-corrected chi connectivity index (χ4v) is 4.76. The molecule has 1 atom stereocenters. The number of aryl methyl sites for hydroxylation is 2. The van der Waals surface area contributed by atoms with Crippen molar-refractivity contribution >= 4 is 40.7 Å². The van der Waals surface area contributed by atoms with E-state index in [0.717, 1.165) is 59.9 Å². The molecule has 2 aliphatic heterocycles. The van der Waals surface area contributed by atoms with Gasteiger partial charge in [-0.3, -0.25) is 4.90 Å². The molecule has 154 valence electrons. The second kappa shape index (κ2) is 8.79. The van der Waals surface area contributed by atoms with Crippen LogP contribution in [0.15, 0.2) is 35.9 Å². The minimum Gasteiger partial charge on any atom is -0.381 e. The third-order valence-corrected chi connectivity index (χ3v) is 6.31. The molecule has 4 rings (SSSR count). The Labute approximate surface area is 180 Å². The Morgan fingerprint density at radius 2 is 2.00 bits per heavy atom. The molecule has 0 bridgehead atoms. The summed E-state index contributed by atoms with van der Waals surface area (Å²) in [7, 11) is 0. The number of halogens is 1. The van der Waals surface area contributed by atoms with Gasteiger partial charge < -0.3 is 20.2 Å². The van der Waals surface area contributed by atoms with Gasteiger partial charge in [-0.25, -0.2) is 9.97 Å². The quantitative estimate of drug-likeness (QED) is 0.746. The van der Waals surface area contributed by atoms with Crippen molar-refractivity contribution < 1.29 is 5.11 Å². The second-order valence-electron chi connectivity index (χ2n) is 7.14. The Balaban J connectivity index is 1.53. The Bertz CT molecular complexity index is 882. The van der Waals surface area contributed by atoms with Crippen LogP contribution in [-0.2, 0) is 0 Å². The SMILES string of the molecule is Cc1nc(NC2SC=CN2c2c(C)cccc2Cl)cc(N2CCN(CO)CC2)n1. The number of anilines is 3. The number of rotatable bonds is 5. The first kappa shape index (κ1) is 20.3. The van der Waals surface area contributed by atoms with Crippen LogP contribution in [-0.4, -0.2) is 58.4 Å². The lowest BCUT2D eigenvalue weighted by Crippen LogP contribution is -2.47. The van der Waals surface area contributed by atoms with Gasteiger partial charge in [0.2, 0.25) is 0 Å². The number of nitrogens with one attached hydrogen (secondary N) is 1. The van der Waals surface area contributed by atoms with E-state index >= 15 is 0 Å². The summed E-state index contributed by atoms with van der Waals surface area (Å²) in [5, 5.41) is 15.6. The van der Waals surface area contributed by atoms with Crippen molar-refractivity contribution in [3.05, 3.63) is 52.3 Å². The number of aliphatic hydroxyl groups is 1. The molecular weight excluding hydrogens is 408 g/mol. The molecule has 2 aliphatic rings. The third-order valence-electron chi connectivity index (χ3n) is 5.12. The summed E-state index contributed by atoms with van der Waals surface area (Å²) in [6, 6.07) is 7.94. The molecule has 29 heavy (non-hydrogen) atoms. The monoisotopic (exact) mass is 432 g/mol. The van der Waals surface area contributed by atoms with E-state index in [-0.39, 0.29) is 12.2 Å². The number of benzene rings is 1. The van der Waals surface area contributed by atoms with Gasteiger partial charge >= 0.3 is 0 Å². The van der Waals surface area contributed by atoms with Crippen molar-refractivity contribution in [2.24, 2.45) is 0 Å². The van der Waals surface area contributed by atoms with Gasteiger partial charge in [-0.1, -0.05) is 35.5 Å². The number of piperazine rings is 1. The van der Waals surface area contributed by atoms with E-state index < -0.39 is 0 Å². The summed E-state index contributed by atoms with van der Waals surface area (Å²) in [6.07, 6.45) is 2.04. The van der Waals surface area contributed by atoms with Crippen LogP contribution in [0.4, 0.5) is 17.3 Å². The van der Waals surface area contributed by atoms with Gasteiger partial charge in [-0.2, -0.15) is 0 Å². The number of hydrogen-bond donors (Lipinski definition) is 2. The lowest BCUT2D eigenvalue weighted by atomic mass is 10.2. The zero-order chi connectivity index (χ0) is 20.4. The number of aromatic nitrogens is 2. The van der Waals surface area contributed by atoms with Crippen molar-refractivity contribution in [3.63, 3.8) is 0 Å². The number of aliphatic hydroxyl groups excluding tert-OH is 1. The molecule has 7 nitrogen and oxygen atoms in total. The van der Waals surface area contributed by atoms with E-state index in [1.165, 1.54) is 0 Å². The molecular formula is C20H25ClN6OS. The summed E-state index contributed by atoms with van der Waals surface area (Å²) in [5.41, 5.74) is 2.08. The van der Waals surface area contributed by atoms with Crippen molar-refractivity contribution in [3.8, 4) is 0 Å². The number of para-hydroxylation sites is 1. The lowest BCUT2D eigenvalue weighted by Gasteiger charge is -2.34. The Kier molecular flexibility index (Phi) is 6.15. The van der Waals surface area contributed by atoms with Gasteiger partial charge in [0.05, 0.1) is 17.4 Å². The van der Waals surface area contributed by atoms with Gasteiger partial charge in [-0.05, 0) is 30.9 Å². The van der Waals surface area contributed by atoms with Crippen LogP contribution in [0.2, 0.25) is 5.02 Å². The maximum atomic E-state index is 9.30. The average Bonchev–Trinajstić information content (AvgIpc) is 3.15. The number of hydrogen-bond acceptors (Lipinski definition) is 8. The molecule has 0 spiro atoms. The highest BCUT2D eigenvalue weighted by atomic mass is 35.5. The zero-order valence-corrected chi connectivity index (χ0v) is 18.1. The molecule has 1 aromatic carbocycles. The van der Waals surface area contributed by atoms with Crippen molar-refractivity contribution in [1.82, 2.24) is 14.9 Å². The van der Waals surface area contributed by atoms with Gasteiger partial charge in [0.15, 0.2) is 5.50 Å². The van der Waals surface area contributed by atoms with E-state index in [1.54, 1.807) is 11.8 Å². The first-order chi connectivity index (χ1) is 14.0. The molecule has 2 N–H and O–H groups in total. The van der Waals surface area contributed by atoms with Crippen LogP contribution in [0.5, 0.6) is 0 Å². The van der Waals surface area contributed by atoms with Crippen LogP contribution in [0.3, 0.4) is 0 Å². The lowest BCUT2D eigenvalue weighted by molar-refractivity contribution is 0.102. The molecule has 1 aromatic heterocycles. The maximum Gasteiger partial charge on any atom is 0.157 e. The van der Waals surface area contributed by atoms with Crippen molar-refractivity contribution in [2.75, 3.05) is 48.0 Å². The molecule has 1 fully saturated rings. The Hall–Kier alpha value is -2.00. The van der Waals surface area contributed by atoms with E-state index in [2.05, 4.69) is 43.5 Å².